The van der Waals surface area contributed by atoms with Crippen LogP contribution in [0.15, 0.2) is 60.8 Å². The number of rotatable bonds is 12. The number of hydrogen-bond donors (Lipinski definition) is 1. The summed E-state index contributed by atoms with van der Waals surface area (Å²) in [5.74, 6) is 1.21. The average molecular weight is 518 g/mol. The molecular weight excluding hydrogens is 482 g/mol. The smallest absolute Gasteiger partial charge is 0.232 e. The third kappa shape index (κ3) is 6.89. The molecule has 8 nitrogen and oxygen atoms in total. The van der Waals surface area contributed by atoms with Crippen LogP contribution >= 0.6 is 0 Å². The first-order valence-corrected chi connectivity index (χ1v) is 12.9. The van der Waals surface area contributed by atoms with Gasteiger partial charge in [0, 0.05) is 44.1 Å². The van der Waals surface area contributed by atoms with Gasteiger partial charge < -0.3 is 19.5 Å². The molecule has 1 N–H and O–H groups in total. The number of hydrogen-bond acceptors (Lipinski definition) is 6. The van der Waals surface area contributed by atoms with Gasteiger partial charge >= 0.3 is 0 Å². The van der Waals surface area contributed by atoms with E-state index in [9.17, 15) is 9.59 Å². The second-order valence-electron chi connectivity index (χ2n) is 9.36. The first kappa shape index (κ1) is 27.1. The van der Waals surface area contributed by atoms with Crippen LogP contribution in [-0.4, -0.2) is 44.2 Å². The molecule has 1 atom stereocenters. The minimum Gasteiger partial charge on any atom is -0.497 e. The second kappa shape index (κ2) is 13.1. The number of aromatic nitrogens is 1. The van der Waals surface area contributed by atoms with E-state index in [-0.39, 0.29) is 11.8 Å². The molecule has 1 aliphatic heterocycles. The number of nitrogens with zero attached hydrogens (tertiary/aromatic N) is 2. The predicted octanol–water partition coefficient (Wildman–Crippen LogP) is 5.12. The lowest BCUT2D eigenvalue weighted by Gasteiger charge is -2.27. The molecule has 0 fully saturated rings. The molecule has 8 heteroatoms. The Morgan fingerprint density at radius 2 is 1.76 bits per heavy atom. The van der Waals surface area contributed by atoms with Crippen molar-refractivity contribution in [2.24, 2.45) is 0 Å². The third-order valence-corrected chi connectivity index (χ3v) is 6.69. The molecule has 1 aliphatic rings. The van der Waals surface area contributed by atoms with Gasteiger partial charge in [-0.3, -0.25) is 14.5 Å². The average Bonchev–Trinajstić information content (AvgIpc) is 2.93. The Morgan fingerprint density at radius 1 is 1.03 bits per heavy atom. The fourth-order valence-corrected chi connectivity index (χ4v) is 4.58. The number of amides is 2. The van der Waals surface area contributed by atoms with E-state index < -0.39 is 5.92 Å². The molecule has 1 aromatic heterocycles. The lowest BCUT2D eigenvalue weighted by Crippen LogP contribution is -2.32. The summed E-state index contributed by atoms with van der Waals surface area (Å²) >= 11 is 0. The highest BCUT2D eigenvalue weighted by molar-refractivity contribution is 6.00. The van der Waals surface area contributed by atoms with E-state index in [1.807, 2.05) is 30.3 Å². The number of carbonyl (C=O) groups is 2. The zero-order valence-corrected chi connectivity index (χ0v) is 22.2. The summed E-state index contributed by atoms with van der Waals surface area (Å²) in [5, 5.41) is 3.01. The minimum absolute atomic E-state index is 0.0822. The molecule has 0 bridgehead atoms. The van der Waals surface area contributed by atoms with Gasteiger partial charge in [-0.05, 0) is 54.5 Å². The monoisotopic (exact) mass is 517 g/mol. The SMILES string of the molecule is COc1cc(OC)cc(C2Cc3cnc(N(CCCCCOCc4ccccc4)C(C)=O)cc3NC2=O)c1. The summed E-state index contributed by atoms with van der Waals surface area (Å²) in [6.07, 6.45) is 4.93. The van der Waals surface area contributed by atoms with Crippen LogP contribution < -0.4 is 19.7 Å². The van der Waals surface area contributed by atoms with Gasteiger partial charge in [0.1, 0.15) is 17.3 Å². The summed E-state index contributed by atoms with van der Waals surface area (Å²) in [4.78, 5) is 31.7. The van der Waals surface area contributed by atoms with Crippen molar-refractivity contribution in [2.45, 2.75) is 45.1 Å². The van der Waals surface area contributed by atoms with Crippen LogP contribution in [0.5, 0.6) is 11.5 Å². The number of anilines is 2. The van der Waals surface area contributed by atoms with Gasteiger partial charge in [0.2, 0.25) is 11.8 Å². The maximum absolute atomic E-state index is 13.1. The van der Waals surface area contributed by atoms with E-state index in [0.717, 1.165) is 36.0 Å². The topological polar surface area (TPSA) is 90.0 Å². The summed E-state index contributed by atoms with van der Waals surface area (Å²) in [6, 6.07) is 17.4. The Bertz CT molecular complexity index is 1230. The molecule has 2 aromatic carbocycles. The van der Waals surface area contributed by atoms with Gasteiger partial charge in [-0.1, -0.05) is 30.3 Å². The minimum atomic E-state index is -0.396. The first-order valence-electron chi connectivity index (χ1n) is 12.9. The molecule has 1 unspecified atom stereocenters. The van der Waals surface area contributed by atoms with Crippen LogP contribution in [0.25, 0.3) is 0 Å². The summed E-state index contributed by atoms with van der Waals surface area (Å²) < 4.78 is 16.5. The zero-order valence-electron chi connectivity index (χ0n) is 22.2. The molecule has 38 heavy (non-hydrogen) atoms. The highest BCUT2D eigenvalue weighted by Gasteiger charge is 2.29. The van der Waals surface area contributed by atoms with Gasteiger partial charge in [0.15, 0.2) is 0 Å². The Kier molecular flexibility index (Phi) is 9.32. The Morgan fingerprint density at radius 3 is 2.45 bits per heavy atom. The van der Waals surface area contributed by atoms with Crippen molar-refractivity contribution in [3.05, 3.63) is 77.5 Å². The van der Waals surface area contributed by atoms with Crippen molar-refractivity contribution >= 4 is 23.3 Å². The van der Waals surface area contributed by atoms with Crippen molar-refractivity contribution in [3.63, 3.8) is 0 Å². The van der Waals surface area contributed by atoms with Crippen molar-refractivity contribution in [2.75, 3.05) is 37.6 Å². The van der Waals surface area contributed by atoms with Gasteiger partial charge in [-0.15, -0.1) is 0 Å². The Balaban J connectivity index is 1.34. The fraction of sp³-hybridized carbons (Fsp3) is 0.367. The van der Waals surface area contributed by atoms with Crippen LogP contribution in [0.1, 0.15) is 48.8 Å². The molecule has 4 rings (SSSR count). The highest BCUT2D eigenvalue weighted by Crippen LogP contribution is 2.36. The number of nitrogens with one attached hydrogen (secondary N) is 1. The number of pyridine rings is 1. The van der Waals surface area contributed by atoms with Gasteiger partial charge in [-0.25, -0.2) is 4.98 Å². The summed E-state index contributed by atoms with van der Waals surface area (Å²) in [7, 11) is 3.17. The molecule has 0 saturated heterocycles. The lowest BCUT2D eigenvalue weighted by atomic mass is 9.88. The number of methoxy groups -OCH3 is 2. The number of benzene rings is 2. The maximum atomic E-state index is 13.1. The normalized spacial score (nSPS) is 14.4. The number of ether oxygens (including phenoxy) is 3. The molecule has 3 aromatic rings. The van der Waals surface area contributed by atoms with E-state index >= 15 is 0 Å². The zero-order chi connectivity index (χ0) is 26.9. The number of fused-ring (bicyclic) bond motifs is 1. The van der Waals surface area contributed by atoms with Crippen LogP contribution in [0.3, 0.4) is 0 Å². The molecule has 0 saturated carbocycles. The molecule has 2 amide bonds. The predicted molar refractivity (Wildman–Crippen MR) is 147 cm³/mol. The summed E-state index contributed by atoms with van der Waals surface area (Å²) in [6.45, 7) is 3.38. The van der Waals surface area contributed by atoms with Crippen LogP contribution in [0, 0.1) is 0 Å². The van der Waals surface area contributed by atoms with Crippen molar-refractivity contribution < 1.29 is 23.8 Å². The van der Waals surface area contributed by atoms with Gasteiger partial charge in [0.05, 0.1) is 26.7 Å². The molecule has 0 radical (unpaired) electrons. The highest BCUT2D eigenvalue weighted by atomic mass is 16.5. The summed E-state index contributed by atoms with van der Waals surface area (Å²) in [5.41, 5.74) is 3.58. The van der Waals surface area contributed by atoms with E-state index in [2.05, 4.69) is 22.4 Å². The van der Waals surface area contributed by atoms with Crippen LogP contribution in [-0.2, 0) is 27.4 Å². The standard InChI is InChI=1S/C30H35N3O5/c1-21(34)33(12-8-5-9-13-38-20-22-10-6-4-7-11-22)29-18-28-24(19-31-29)16-27(30(35)32-28)23-14-25(36-2)17-26(15-23)37-3/h4,6-7,10-11,14-15,17-19,27H,5,8-9,12-13,16,20H2,1-3H3,(H,32,35). The van der Waals surface area contributed by atoms with Crippen molar-refractivity contribution in [1.82, 2.24) is 4.98 Å². The molecule has 0 aliphatic carbocycles. The van der Waals surface area contributed by atoms with Crippen molar-refractivity contribution in [3.8, 4) is 11.5 Å². The first-order chi connectivity index (χ1) is 18.5. The van der Waals surface area contributed by atoms with E-state index in [1.165, 1.54) is 6.92 Å². The van der Waals surface area contributed by atoms with Crippen molar-refractivity contribution in [1.29, 1.82) is 0 Å². The molecular formula is C30H35N3O5. The quantitative estimate of drug-likeness (QED) is 0.336. The fourth-order valence-electron chi connectivity index (χ4n) is 4.58. The number of unbranched alkanes of at least 4 members (excludes halogenated alkanes) is 2. The number of carbonyl (C=O) groups excluding carboxylic acids is 2. The van der Waals surface area contributed by atoms with E-state index in [1.54, 1.807) is 37.4 Å². The van der Waals surface area contributed by atoms with Gasteiger partial charge in [-0.2, -0.15) is 0 Å². The van der Waals surface area contributed by atoms with E-state index in [0.29, 0.717) is 49.2 Å². The third-order valence-electron chi connectivity index (χ3n) is 6.69. The largest absolute Gasteiger partial charge is 0.497 e. The Labute approximate surface area is 223 Å². The van der Waals surface area contributed by atoms with Gasteiger partial charge in [0.25, 0.3) is 0 Å². The van der Waals surface area contributed by atoms with Crippen LogP contribution in [0.2, 0.25) is 0 Å². The Hall–Kier alpha value is -3.91. The van der Waals surface area contributed by atoms with Crippen LogP contribution in [0.4, 0.5) is 11.5 Å². The molecule has 0 spiro atoms. The maximum Gasteiger partial charge on any atom is 0.232 e. The lowest BCUT2D eigenvalue weighted by molar-refractivity contribution is -0.118. The molecule has 200 valence electrons. The molecule has 2 heterocycles. The van der Waals surface area contributed by atoms with E-state index in [4.69, 9.17) is 14.2 Å². The second-order valence-corrected chi connectivity index (χ2v) is 9.36.